The van der Waals surface area contributed by atoms with E-state index in [4.69, 9.17) is 4.74 Å². The molecule has 1 fully saturated rings. The van der Waals surface area contributed by atoms with E-state index >= 15 is 0 Å². The third kappa shape index (κ3) is 4.90. The van der Waals surface area contributed by atoms with Crippen LogP contribution in [-0.4, -0.2) is 54.3 Å². The van der Waals surface area contributed by atoms with Crippen molar-refractivity contribution in [2.45, 2.75) is 20.8 Å². The number of rotatable bonds is 6. The summed E-state index contributed by atoms with van der Waals surface area (Å²) < 4.78 is 5.38. The molecule has 25 heavy (non-hydrogen) atoms. The highest BCUT2D eigenvalue weighted by molar-refractivity contribution is 5.62. The average molecular weight is 341 g/mol. The number of nitrogens with one attached hydrogen (secondary N) is 2. The molecule has 0 bridgehead atoms. The SMILES string of the molecule is Cc1cc(Nc2cccc(C)c2C)nc(NCCN2CCOCC2)n1. The van der Waals surface area contributed by atoms with Crippen LogP contribution in [0.1, 0.15) is 16.8 Å². The molecule has 2 aromatic rings. The fourth-order valence-electron chi connectivity index (χ4n) is 2.89. The molecule has 2 N–H and O–H groups in total. The fraction of sp³-hybridized carbons (Fsp3) is 0.474. The third-order valence-corrected chi connectivity index (χ3v) is 4.54. The summed E-state index contributed by atoms with van der Waals surface area (Å²) in [5.74, 6) is 1.48. The number of anilines is 3. The van der Waals surface area contributed by atoms with E-state index in [9.17, 15) is 0 Å². The molecule has 6 nitrogen and oxygen atoms in total. The lowest BCUT2D eigenvalue weighted by Gasteiger charge is -2.26. The number of nitrogens with zero attached hydrogens (tertiary/aromatic N) is 3. The molecule has 134 valence electrons. The van der Waals surface area contributed by atoms with Crippen LogP contribution in [-0.2, 0) is 4.74 Å². The van der Waals surface area contributed by atoms with Crippen molar-refractivity contribution in [3.8, 4) is 0 Å². The monoisotopic (exact) mass is 341 g/mol. The van der Waals surface area contributed by atoms with Gasteiger partial charge in [0.25, 0.3) is 0 Å². The molecular formula is C19H27N5O. The summed E-state index contributed by atoms with van der Waals surface area (Å²) in [7, 11) is 0. The lowest BCUT2D eigenvalue weighted by Crippen LogP contribution is -2.39. The summed E-state index contributed by atoms with van der Waals surface area (Å²) >= 11 is 0. The van der Waals surface area contributed by atoms with Gasteiger partial charge in [0.15, 0.2) is 0 Å². The van der Waals surface area contributed by atoms with Gasteiger partial charge in [-0.15, -0.1) is 0 Å². The predicted octanol–water partition coefficient (Wildman–Crippen LogP) is 2.89. The lowest BCUT2D eigenvalue weighted by molar-refractivity contribution is 0.0398. The Morgan fingerprint density at radius 3 is 2.72 bits per heavy atom. The zero-order valence-corrected chi connectivity index (χ0v) is 15.3. The van der Waals surface area contributed by atoms with Gasteiger partial charge in [0, 0.05) is 43.6 Å². The van der Waals surface area contributed by atoms with Gasteiger partial charge in [0.1, 0.15) is 5.82 Å². The molecule has 1 saturated heterocycles. The summed E-state index contributed by atoms with van der Waals surface area (Å²) in [6.07, 6.45) is 0. The minimum absolute atomic E-state index is 0.668. The van der Waals surface area contributed by atoms with E-state index in [1.807, 2.05) is 13.0 Å². The van der Waals surface area contributed by atoms with Gasteiger partial charge in [-0.1, -0.05) is 12.1 Å². The molecule has 0 radical (unpaired) electrons. The van der Waals surface area contributed by atoms with Crippen LogP contribution < -0.4 is 10.6 Å². The first-order chi connectivity index (χ1) is 12.1. The van der Waals surface area contributed by atoms with Gasteiger partial charge in [-0.2, -0.15) is 4.98 Å². The first-order valence-corrected chi connectivity index (χ1v) is 8.85. The molecule has 0 spiro atoms. The fourth-order valence-corrected chi connectivity index (χ4v) is 2.89. The molecule has 0 unspecified atom stereocenters. The smallest absolute Gasteiger partial charge is 0.224 e. The average Bonchev–Trinajstić information content (AvgIpc) is 2.59. The van der Waals surface area contributed by atoms with Crippen molar-refractivity contribution in [1.82, 2.24) is 14.9 Å². The minimum Gasteiger partial charge on any atom is -0.379 e. The maximum atomic E-state index is 5.38. The molecule has 1 aliphatic rings. The van der Waals surface area contributed by atoms with Gasteiger partial charge < -0.3 is 15.4 Å². The molecule has 0 aliphatic carbocycles. The molecule has 0 atom stereocenters. The van der Waals surface area contributed by atoms with Crippen LogP contribution in [0.3, 0.4) is 0 Å². The quantitative estimate of drug-likeness (QED) is 0.842. The van der Waals surface area contributed by atoms with Gasteiger partial charge in [0.05, 0.1) is 13.2 Å². The molecule has 1 aromatic heterocycles. The Kier molecular flexibility index (Phi) is 5.83. The maximum Gasteiger partial charge on any atom is 0.224 e. The van der Waals surface area contributed by atoms with Gasteiger partial charge in [0.2, 0.25) is 5.95 Å². The van der Waals surface area contributed by atoms with Crippen LogP contribution in [0.2, 0.25) is 0 Å². The van der Waals surface area contributed by atoms with Crippen molar-refractivity contribution in [1.29, 1.82) is 0 Å². The second-order valence-corrected chi connectivity index (χ2v) is 6.47. The Balaban J connectivity index is 1.62. The summed E-state index contributed by atoms with van der Waals surface area (Å²) in [4.78, 5) is 11.5. The number of hydrogen-bond acceptors (Lipinski definition) is 6. The third-order valence-electron chi connectivity index (χ3n) is 4.54. The van der Waals surface area contributed by atoms with E-state index in [1.54, 1.807) is 0 Å². The van der Waals surface area contributed by atoms with E-state index < -0.39 is 0 Å². The Hall–Kier alpha value is -2.18. The zero-order chi connectivity index (χ0) is 17.6. The predicted molar refractivity (Wildman–Crippen MR) is 102 cm³/mol. The van der Waals surface area contributed by atoms with Gasteiger partial charge in [-0.3, -0.25) is 4.90 Å². The molecule has 0 amide bonds. The molecule has 3 rings (SSSR count). The lowest BCUT2D eigenvalue weighted by atomic mass is 10.1. The summed E-state index contributed by atoms with van der Waals surface area (Å²) in [5, 5.41) is 6.76. The summed E-state index contributed by atoms with van der Waals surface area (Å²) in [6, 6.07) is 8.21. The number of ether oxygens (including phenoxy) is 1. The van der Waals surface area contributed by atoms with E-state index in [-0.39, 0.29) is 0 Å². The van der Waals surface area contributed by atoms with Crippen LogP contribution in [0.5, 0.6) is 0 Å². The van der Waals surface area contributed by atoms with Crippen molar-refractivity contribution in [3.63, 3.8) is 0 Å². The number of morpholine rings is 1. The van der Waals surface area contributed by atoms with E-state index in [0.717, 1.165) is 56.6 Å². The Morgan fingerprint density at radius 2 is 1.92 bits per heavy atom. The topological polar surface area (TPSA) is 62.3 Å². The molecule has 2 heterocycles. The van der Waals surface area contributed by atoms with Crippen LogP contribution in [0.15, 0.2) is 24.3 Å². The Morgan fingerprint density at radius 1 is 1.12 bits per heavy atom. The second-order valence-electron chi connectivity index (χ2n) is 6.47. The number of aromatic nitrogens is 2. The highest BCUT2D eigenvalue weighted by atomic mass is 16.5. The molecule has 6 heteroatoms. The number of hydrogen-bond donors (Lipinski definition) is 2. The first-order valence-electron chi connectivity index (χ1n) is 8.85. The van der Waals surface area contributed by atoms with Crippen LogP contribution in [0, 0.1) is 20.8 Å². The molecule has 1 aliphatic heterocycles. The first kappa shape index (κ1) is 17.6. The second kappa shape index (κ2) is 8.27. The zero-order valence-electron chi connectivity index (χ0n) is 15.3. The molecule has 0 saturated carbocycles. The largest absolute Gasteiger partial charge is 0.379 e. The van der Waals surface area contributed by atoms with Gasteiger partial charge in [-0.25, -0.2) is 4.98 Å². The minimum atomic E-state index is 0.668. The normalized spacial score (nSPS) is 15.2. The summed E-state index contributed by atoms with van der Waals surface area (Å²) in [6.45, 7) is 11.7. The highest BCUT2D eigenvalue weighted by Crippen LogP contribution is 2.22. The van der Waals surface area contributed by atoms with E-state index in [0.29, 0.717) is 5.95 Å². The van der Waals surface area contributed by atoms with Crippen molar-refractivity contribution in [2.24, 2.45) is 0 Å². The highest BCUT2D eigenvalue weighted by Gasteiger charge is 2.10. The van der Waals surface area contributed by atoms with Crippen LogP contribution in [0.4, 0.5) is 17.5 Å². The van der Waals surface area contributed by atoms with Crippen molar-refractivity contribution in [3.05, 3.63) is 41.1 Å². The Bertz CT molecular complexity index is 713. The maximum absolute atomic E-state index is 5.38. The van der Waals surface area contributed by atoms with E-state index in [2.05, 4.69) is 57.5 Å². The molecular weight excluding hydrogens is 314 g/mol. The molecule has 1 aromatic carbocycles. The van der Waals surface area contributed by atoms with Crippen molar-refractivity contribution < 1.29 is 4.74 Å². The van der Waals surface area contributed by atoms with Crippen molar-refractivity contribution in [2.75, 3.05) is 50.0 Å². The van der Waals surface area contributed by atoms with Gasteiger partial charge in [-0.05, 0) is 38.0 Å². The Labute approximate surface area is 149 Å². The van der Waals surface area contributed by atoms with Crippen LogP contribution >= 0.6 is 0 Å². The van der Waals surface area contributed by atoms with Crippen molar-refractivity contribution >= 4 is 17.5 Å². The standard InChI is InChI=1S/C19H27N5O/c1-14-5-4-6-17(16(14)3)22-18-13-15(2)21-19(23-18)20-7-8-24-9-11-25-12-10-24/h4-6,13H,7-12H2,1-3H3,(H2,20,21,22,23). The van der Waals surface area contributed by atoms with Crippen LogP contribution in [0.25, 0.3) is 0 Å². The number of benzene rings is 1. The summed E-state index contributed by atoms with van der Waals surface area (Å²) in [5.41, 5.74) is 4.52. The van der Waals surface area contributed by atoms with Gasteiger partial charge >= 0.3 is 0 Å². The number of aryl methyl sites for hydroxylation is 2. The van der Waals surface area contributed by atoms with E-state index in [1.165, 1.54) is 11.1 Å².